The molecule has 2 atom stereocenters. The van der Waals surface area contributed by atoms with Gasteiger partial charge in [0.1, 0.15) is 5.69 Å². The second kappa shape index (κ2) is 7.63. The van der Waals surface area contributed by atoms with E-state index < -0.39 is 0 Å². The van der Waals surface area contributed by atoms with Crippen molar-refractivity contribution in [2.75, 3.05) is 26.9 Å². The number of amides is 1. The molecule has 2 aromatic rings. The van der Waals surface area contributed by atoms with Crippen LogP contribution in [0.25, 0.3) is 0 Å². The summed E-state index contributed by atoms with van der Waals surface area (Å²) >= 11 is 0. The van der Waals surface area contributed by atoms with Crippen molar-refractivity contribution in [2.45, 2.75) is 25.0 Å². The van der Waals surface area contributed by atoms with E-state index >= 15 is 0 Å². The van der Waals surface area contributed by atoms with Crippen molar-refractivity contribution in [2.24, 2.45) is 7.05 Å². The molecule has 0 radical (unpaired) electrons. The molecule has 3 heterocycles. The summed E-state index contributed by atoms with van der Waals surface area (Å²) in [5.74, 6) is 0.0201. The van der Waals surface area contributed by atoms with Gasteiger partial charge in [0.2, 0.25) is 0 Å². The van der Waals surface area contributed by atoms with E-state index in [-0.39, 0.29) is 18.1 Å². The predicted octanol–water partition coefficient (Wildman–Crippen LogP) is 1.24. The van der Waals surface area contributed by atoms with E-state index in [1.807, 2.05) is 36.5 Å². The number of carbonyl (C=O) groups is 1. The van der Waals surface area contributed by atoms with Gasteiger partial charge in [-0.2, -0.15) is 5.10 Å². The lowest BCUT2D eigenvalue weighted by atomic mass is 10.0. The van der Waals surface area contributed by atoms with E-state index in [1.165, 1.54) is 0 Å². The van der Waals surface area contributed by atoms with Crippen LogP contribution >= 0.6 is 0 Å². The number of methoxy groups -OCH3 is 1. The minimum absolute atomic E-state index is 0.00172. The summed E-state index contributed by atoms with van der Waals surface area (Å²) in [5.41, 5.74) is 1.72. The Balaban J connectivity index is 1.75. The summed E-state index contributed by atoms with van der Waals surface area (Å²) in [6.45, 7) is 1.79. The summed E-state index contributed by atoms with van der Waals surface area (Å²) in [6, 6.07) is 3.65. The molecular weight excluding hydrogens is 308 g/mol. The maximum Gasteiger partial charge on any atom is 0.270 e. The molecule has 0 saturated carbocycles. The monoisotopic (exact) mass is 332 g/mol. The lowest BCUT2D eigenvalue weighted by molar-refractivity contribution is 0.000425. The van der Waals surface area contributed by atoms with Crippen LogP contribution < -0.4 is 0 Å². The molecule has 2 aromatic heterocycles. The molecule has 7 heteroatoms. The number of aromatic nitrogens is 3. The molecule has 130 valence electrons. The van der Waals surface area contributed by atoms with Crippen molar-refractivity contribution in [1.82, 2.24) is 19.7 Å². The minimum Gasteiger partial charge on any atom is -0.382 e. The topological polar surface area (TPSA) is 72.4 Å². The predicted molar refractivity (Wildman–Crippen MR) is 88.8 cm³/mol. The van der Waals surface area contributed by atoms with Crippen molar-refractivity contribution in [3.05, 3.63) is 42.0 Å². The number of carbonyl (C=O) groups excluding carboxylic acids is 1. The fourth-order valence-corrected chi connectivity index (χ4v) is 3.23. The van der Waals surface area contributed by atoms with Gasteiger partial charge in [-0.15, -0.1) is 0 Å². The molecule has 1 aliphatic heterocycles. The fraction of sp³-hybridized carbons (Fsp3) is 0.529. The zero-order valence-electron chi connectivity index (χ0n) is 14.1. The van der Waals surface area contributed by atoms with Crippen LogP contribution in [0.4, 0.5) is 0 Å². The number of nitrogens with one attached hydrogen (secondary N) is 1. The normalized spacial score (nSPS) is 20.7. The van der Waals surface area contributed by atoms with E-state index in [9.17, 15) is 4.79 Å². The molecule has 24 heavy (non-hydrogen) atoms. The summed E-state index contributed by atoms with van der Waals surface area (Å²) in [6.07, 6.45) is 7.19. The Bertz CT molecular complexity index is 653. The Morgan fingerprint density at radius 3 is 3.00 bits per heavy atom. The molecular formula is C17H24N4O3. The van der Waals surface area contributed by atoms with E-state index in [4.69, 9.17) is 9.47 Å². The molecule has 7 nitrogen and oxygen atoms in total. The van der Waals surface area contributed by atoms with E-state index in [0.717, 1.165) is 18.4 Å². The highest BCUT2D eigenvalue weighted by atomic mass is 16.5. The molecule has 1 saturated heterocycles. The van der Waals surface area contributed by atoms with Crippen LogP contribution in [0.5, 0.6) is 0 Å². The van der Waals surface area contributed by atoms with Gasteiger partial charge >= 0.3 is 0 Å². The van der Waals surface area contributed by atoms with Crippen molar-refractivity contribution >= 4 is 5.91 Å². The maximum atomic E-state index is 12.8. The summed E-state index contributed by atoms with van der Waals surface area (Å²) < 4.78 is 12.8. The zero-order chi connectivity index (χ0) is 16.9. The standard InChI is InChI=1S/C17H24N4O3/c1-20-12-13(11-19-20)10-15-16(24-9-8-23-2)5-7-21(15)17(22)14-4-3-6-18-14/h3-4,6,11-12,15-16,18H,5,7-10H2,1-2H3/t15-,16-/m1/s1. The molecule has 0 aliphatic carbocycles. The first-order chi connectivity index (χ1) is 11.7. The lowest BCUT2D eigenvalue weighted by Gasteiger charge is -2.27. The van der Waals surface area contributed by atoms with Crippen LogP contribution in [0.1, 0.15) is 22.5 Å². The van der Waals surface area contributed by atoms with Gasteiger partial charge in [-0.1, -0.05) is 0 Å². The summed E-state index contributed by atoms with van der Waals surface area (Å²) in [5, 5.41) is 4.23. The zero-order valence-corrected chi connectivity index (χ0v) is 14.1. The third kappa shape index (κ3) is 3.68. The number of likely N-dealkylation sites (tertiary alicyclic amines) is 1. The Morgan fingerprint density at radius 2 is 2.33 bits per heavy atom. The number of hydrogen-bond acceptors (Lipinski definition) is 4. The Kier molecular flexibility index (Phi) is 5.32. The van der Waals surface area contributed by atoms with Gasteiger partial charge in [-0.25, -0.2) is 0 Å². The first-order valence-electron chi connectivity index (χ1n) is 8.21. The number of ether oxygens (including phenoxy) is 2. The van der Waals surface area contributed by atoms with E-state index in [1.54, 1.807) is 18.0 Å². The van der Waals surface area contributed by atoms with Gasteiger partial charge in [0, 0.05) is 33.1 Å². The second-order valence-electron chi connectivity index (χ2n) is 6.07. The number of hydrogen-bond donors (Lipinski definition) is 1. The Labute approximate surface area is 141 Å². The molecule has 1 aliphatic rings. The number of aromatic amines is 1. The smallest absolute Gasteiger partial charge is 0.270 e. The van der Waals surface area contributed by atoms with Crippen LogP contribution in [-0.4, -0.2) is 64.6 Å². The van der Waals surface area contributed by atoms with Crippen LogP contribution in [0.2, 0.25) is 0 Å². The van der Waals surface area contributed by atoms with Crippen LogP contribution in [0, 0.1) is 0 Å². The molecule has 0 unspecified atom stereocenters. The van der Waals surface area contributed by atoms with Crippen LogP contribution in [0.3, 0.4) is 0 Å². The third-order valence-corrected chi connectivity index (χ3v) is 4.40. The highest BCUT2D eigenvalue weighted by Gasteiger charge is 2.38. The number of nitrogens with zero attached hydrogens (tertiary/aromatic N) is 3. The Morgan fingerprint density at radius 1 is 1.46 bits per heavy atom. The molecule has 1 amide bonds. The van der Waals surface area contributed by atoms with Crippen LogP contribution in [-0.2, 0) is 22.9 Å². The van der Waals surface area contributed by atoms with Crippen molar-refractivity contribution in [1.29, 1.82) is 0 Å². The van der Waals surface area contributed by atoms with Crippen molar-refractivity contribution in [3.8, 4) is 0 Å². The molecule has 1 N–H and O–H groups in total. The van der Waals surface area contributed by atoms with Gasteiger partial charge in [-0.3, -0.25) is 9.48 Å². The maximum absolute atomic E-state index is 12.8. The van der Waals surface area contributed by atoms with Crippen LogP contribution in [0.15, 0.2) is 30.7 Å². The first kappa shape index (κ1) is 16.7. The van der Waals surface area contributed by atoms with E-state index in [0.29, 0.717) is 25.5 Å². The molecule has 3 rings (SSSR count). The van der Waals surface area contributed by atoms with Gasteiger partial charge in [0.15, 0.2) is 0 Å². The average molecular weight is 332 g/mol. The summed E-state index contributed by atoms with van der Waals surface area (Å²) in [7, 11) is 3.55. The highest BCUT2D eigenvalue weighted by molar-refractivity contribution is 5.92. The summed E-state index contributed by atoms with van der Waals surface area (Å²) in [4.78, 5) is 17.7. The molecule has 0 spiro atoms. The average Bonchev–Trinajstić information content (AvgIpc) is 3.30. The third-order valence-electron chi connectivity index (χ3n) is 4.40. The highest BCUT2D eigenvalue weighted by Crippen LogP contribution is 2.26. The minimum atomic E-state index is 0.00172. The molecule has 1 fully saturated rings. The van der Waals surface area contributed by atoms with E-state index in [2.05, 4.69) is 10.1 Å². The second-order valence-corrected chi connectivity index (χ2v) is 6.07. The van der Waals surface area contributed by atoms with Gasteiger partial charge < -0.3 is 19.4 Å². The van der Waals surface area contributed by atoms with Gasteiger partial charge in [-0.05, 0) is 30.5 Å². The van der Waals surface area contributed by atoms with Crippen molar-refractivity contribution < 1.29 is 14.3 Å². The lowest BCUT2D eigenvalue weighted by Crippen LogP contribution is -2.42. The fourth-order valence-electron chi connectivity index (χ4n) is 3.23. The van der Waals surface area contributed by atoms with Gasteiger partial charge in [0.05, 0.1) is 31.6 Å². The molecule has 0 aromatic carbocycles. The number of H-pyrrole nitrogens is 1. The Hall–Kier alpha value is -2.12. The largest absolute Gasteiger partial charge is 0.382 e. The SMILES string of the molecule is COCCO[C@@H]1CCN(C(=O)c2ccc[nH]2)[C@@H]1Cc1cnn(C)c1. The number of rotatable bonds is 7. The number of aryl methyl sites for hydroxylation is 1. The molecule has 0 bridgehead atoms. The quantitative estimate of drug-likeness (QED) is 0.774. The van der Waals surface area contributed by atoms with Gasteiger partial charge in [0.25, 0.3) is 5.91 Å². The van der Waals surface area contributed by atoms with Crippen molar-refractivity contribution in [3.63, 3.8) is 0 Å². The first-order valence-corrected chi connectivity index (χ1v) is 8.21.